The Hall–Kier alpha value is -2.48. The van der Waals surface area contributed by atoms with Crippen LogP contribution in [0.4, 0.5) is 13.2 Å². The third kappa shape index (κ3) is 4.01. The van der Waals surface area contributed by atoms with Gasteiger partial charge in [-0.3, -0.25) is 9.36 Å². The molecule has 0 aliphatic heterocycles. The molecule has 0 aliphatic rings. The van der Waals surface area contributed by atoms with Gasteiger partial charge in [-0.2, -0.15) is 0 Å². The molecule has 3 rings (SSSR count). The summed E-state index contributed by atoms with van der Waals surface area (Å²) in [4.78, 5) is 17.0. The maximum Gasteiger partial charge on any atom is 0.573 e. The minimum Gasteiger partial charge on any atom is -0.406 e. The number of rotatable bonds is 4. The smallest absolute Gasteiger partial charge is 0.406 e. The van der Waals surface area contributed by atoms with Crippen LogP contribution in [0.25, 0.3) is 10.9 Å². The van der Waals surface area contributed by atoms with Crippen molar-refractivity contribution >= 4 is 22.7 Å². The largest absolute Gasteiger partial charge is 0.573 e. The molecule has 1 heterocycles. The molecule has 0 amide bonds. The van der Waals surface area contributed by atoms with Crippen LogP contribution >= 0.6 is 11.8 Å². The Morgan fingerprint density at radius 3 is 2.42 bits per heavy atom. The number of hydrogen-bond donors (Lipinski definition) is 0. The summed E-state index contributed by atoms with van der Waals surface area (Å²) in [5.74, 6) is -0.269. The second-order valence-electron chi connectivity index (χ2n) is 5.65. The number of ether oxygens (including phenoxy) is 1. The van der Waals surface area contributed by atoms with Crippen LogP contribution < -0.4 is 10.3 Å². The molecular weight excluding hydrogens is 365 g/mol. The fourth-order valence-electron chi connectivity index (χ4n) is 2.47. The molecule has 0 bridgehead atoms. The first-order valence-corrected chi connectivity index (χ1v) is 8.61. The van der Waals surface area contributed by atoms with Crippen molar-refractivity contribution < 1.29 is 17.9 Å². The molecular formula is C18H15F3N2O2S. The van der Waals surface area contributed by atoms with Crippen molar-refractivity contribution in [2.45, 2.75) is 23.7 Å². The van der Waals surface area contributed by atoms with Gasteiger partial charge in [0.2, 0.25) is 0 Å². The van der Waals surface area contributed by atoms with Crippen molar-refractivity contribution in [3.05, 3.63) is 64.4 Å². The van der Waals surface area contributed by atoms with Crippen LogP contribution in [0.1, 0.15) is 17.7 Å². The van der Waals surface area contributed by atoms with Crippen molar-refractivity contribution in [1.82, 2.24) is 9.55 Å². The first-order chi connectivity index (χ1) is 12.2. The number of fused-ring (bicyclic) bond motifs is 1. The number of halogens is 3. The van der Waals surface area contributed by atoms with Crippen LogP contribution in [0.3, 0.4) is 0 Å². The van der Waals surface area contributed by atoms with E-state index in [4.69, 9.17) is 0 Å². The molecule has 1 aromatic heterocycles. The van der Waals surface area contributed by atoms with Gasteiger partial charge in [-0.15, -0.1) is 13.2 Å². The van der Waals surface area contributed by atoms with Crippen LogP contribution in [0.2, 0.25) is 0 Å². The molecule has 3 aromatic rings. The summed E-state index contributed by atoms with van der Waals surface area (Å²) in [5.41, 5.74) is 1.27. The average molecular weight is 380 g/mol. The highest BCUT2D eigenvalue weighted by molar-refractivity contribution is 7.99. The number of aromatic nitrogens is 2. The summed E-state index contributed by atoms with van der Waals surface area (Å²) in [6.07, 6.45) is -4.71. The van der Waals surface area contributed by atoms with Crippen LogP contribution in [0, 0.1) is 0 Å². The van der Waals surface area contributed by atoms with Crippen LogP contribution in [0.15, 0.2) is 58.5 Å². The SMILES string of the molecule is CC(Sc1nc2ccccc2c(=O)n1C)c1ccc(OC(F)(F)F)cc1. The lowest BCUT2D eigenvalue weighted by molar-refractivity contribution is -0.274. The first kappa shape index (κ1) is 18.3. The fraction of sp³-hybridized carbons (Fsp3) is 0.222. The topological polar surface area (TPSA) is 44.1 Å². The first-order valence-electron chi connectivity index (χ1n) is 7.73. The van der Waals surface area contributed by atoms with Gasteiger partial charge in [-0.25, -0.2) is 4.98 Å². The minimum atomic E-state index is -4.71. The zero-order valence-corrected chi connectivity index (χ0v) is 14.8. The number of thioether (sulfide) groups is 1. The number of para-hydroxylation sites is 1. The van der Waals surface area contributed by atoms with E-state index in [0.29, 0.717) is 16.1 Å². The number of hydrogen-bond acceptors (Lipinski definition) is 4. The fourth-order valence-corrected chi connectivity index (χ4v) is 3.47. The second kappa shape index (κ2) is 7.03. The van der Waals surface area contributed by atoms with Crippen molar-refractivity contribution in [2.24, 2.45) is 7.05 Å². The van der Waals surface area contributed by atoms with Crippen LogP contribution in [0.5, 0.6) is 5.75 Å². The van der Waals surface area contributed by atoms with Gasteiger partial charge in [-0.1, -0.05) is 36.0 Å². The molecule has 0 spiro atoms. The molecule has 2 aromatic carbocycles. The Morgan fingerprint density at radius 2 is 1.77 bits per heavy atom. The van der Waals surface area contributed by atoms with Gasteiger partial charge in [0.05, 0.1) is 10.9 Å². The predicted octanol–water partition coefficient (Wildman–Crippen LogP) is 4.69. The molecule has 0 aliphatic carbocycles. The molecule has 0 N–H and O–H groups in total. The molecule has 0 saturated heterocycles. The van der Waals surface area contributed by atoms with Gasteiger partial charge >= 0.3 is 6.36 Å². The minimum absolute atomic E-state index is 0.116. The lowest BCUT2D eigenvalue weighted by Crippen LogP contribution is -2.20. The van der Waals surface area contributed by atoms with E-state index in [0.717, 1.165) is 5.56 Å². The summed E-state index contributed by atoms with van der Waals surface area (Å²) in [5, 5.41) is 0.965. The molecule has 136 valence electrons. The zero-order valence-electron chi connectivity index (χ0n) is 13.9. The van der Waals surface area contributed by atoms with Gasteiger partial charge < -0.3 is 4.74 Å². The highest BCUT2D eigenvalue weighted by atomic mass is 32.2. The monoisotopic (exact) mass is 380 g/mol. The van der Waals surface area contributed by atoms with E-state index in [1.165, 1.54) is 28.5 Å². The Balaban J connectivity index is 1.84. The summed E-state index contributed by atoms with van der Waals surface area (Å²) in [6.45, 7) is 1.89. The molecule has 26 heavy (non-hydrogen) atoms. The molecule has 0 radical (unpaired) electrons. The Labute approximate surface area is 151 Å². The van der Waals surface area contributed by atoms with E-state index >= 15 is 0 Å². The summed E-state index contributed by atoms with van der Waals surface area (Å²) >= 11 is 1.36. The third-order valence-corrected chi connectivity index (χ3v) is 5.01. The van der Waals surface area contributed by atoms with Crippen molar-refractivity contribution in [2.75, 3.05) is 0 Å². The van der Waals surface area contributed by atoms with Crippen molar-refractivity contribution in [3.8, 4) is 5.75 Å². The van der Waals surface area contributed by atoms with E-state index < -0.39 is 6.36 Å². The second-order valence-corrected chi connectivity index (χ2v) is 6.96. The van der Waals surface area contributed by atoms with Gasteiger partial charge in [0, 0.05) is 12.3 Å². The lowest BCUT2D eigenvalue weighted by atomic mass is 10.2. The number of benzene rings is 2. The molecule has 4 nitrogen and oxygen atoms in total. The Kier molecular flexibility index (Phi) is 4.95. The van der Waals surface area contributed by atoms with Crippen molar-refractivity contribution in [1.29, 1.82) is 0 Å². The standard InChI is InChI=1S/C18H15F3N2O2S/c1-11(12-7-9-13(10-8-12)25-18(19,20)21)26-17-22-15-6-4-3-5-14(15)16(24)23(17)2/h3-11H,1-2H3. The summed E-state index contributed by atoms with van der Waals surface area (Å²) in [6, 6.07) is 12.8. The third-order valence-electron chi connectivity index (χ3n) is 3.81. The van der Waals surface area contributed by atoms with E-state index in [2.05, 4.69) is 9.72 Å². The normalized spacial score (nSPS) is 13.0. The molecule has 1 atom stereocenters. The predicted molar refractivity (Wildman–Crippen MR) is 94.4 cm³/mol. The molecule has 0 saturated carbocycles. The molecule has 8 heteroatoms. The summed E-state index contributed by atoms with van der Waals surface area (Å²) < 4.78 is 42.0. The zero-order chi connectivity index (χ0) is 18.9. The van der Waals surface area contributed by atoms with E-state index in [-0.39, 0.29) is 16.6 Å². The van der Waals surface area contributed by atoms with Gasteiger partial charge in [0.1, 0.15) is 5.75 Å². The van der Waals surface area contributed by atoms with E-state index in [9.17, 15) is 18.0 Å². The number of alkyl halides is 3. The molecule has 1 unspecified atom stereocenters. The van der Waals surface area contributed by atoms with Crippen LogP contribution in [-0.4, -0.2) is 15.9 Å². The van der Waals surface area contributed by atoms with Gasteiger partial charge in [0.25, 0.3) is 5.56 Å². The van der Waals surface area contributed by atoms with Crippen LogP contribution in [-0.2, 0) is 7.05 Å². The maximum atomic E-state index is 12.4. The highest BCUT2D eigenvalue weighted by Gasteiger charge is 2.31. The van der Waals surface area contributed by atoms with Gasteiger partial charge in [-0.05, 0) is 36.8 Å². The Morgan fingerprint density at radius 1 is 1.12 bits per heavy atom. The quantitative estimate of drug-likeness (QED) is 0.487. The maximum absolute atomic E-state index is 12.4. The van der Waals surface area contributed by atoms with E-state index in [1.54, 1.807) is 37.4 Å². The van der Waals surface area contributed by atoms with Gasteiger partial charge in [0.15, 0.2) is 5.16 Å². The lowest BCUT2D eigenvalue weighted by Gasteiger charge is -2.15. The van der Waals surface area contributed by atoms with Crippen molar-refractivity contribution in [3.63, 3.8) is 0 Å². The Bertz CT molecular complexity index is 984. The highest BCUT2D eigenvalue weighted by Crippen LogP contribution is 2.34. The summed E-state index contributed by atoms with van der Waals surface area (Å²) in [7, 11) is 1.65. The molecule has 0 fully saturated rings. The van der Waals surface area contributed by atoms with E-state index in [1.807, 2.05) is 13.0 Å². The average Bonchev–Trinajstić information content (AvgIpc) is 2.58. The number of nitrogens with zero attached hydrogens (tertiary/aromatic N) is 2.